The molecule has 4 heteroatoms. The Morgan fingerprint density at radius 3 is 2.44 bits per heavy atom. The van der Waals surface area contributed by atoms with Crippen LogP contribution in [0.4, 0.5) is 5.69 Å². The van der Waals surface area contributed by atoms with Gasteiger partial charge < -0.3 is 10.2 Å². The van der Waals surface area contributed by atoms with E-state index in [-0.39, 0.29) is 23.8 Å². The van der Waals surface area contributed by atoms with Gasteiger partial charge in [-0.25, -0.2) is 0 Å². The zero-order valence-corrected chi connectivity index (χ0v) is 15.0. The Morgan fingerprint density at radius 2 is 1.80 bits per heavy atom. The van der Waals surface area contributed by atoms with Gasteiger partial charge in [0.1, 0.15) is 0 Å². The molecule has 25 heavy (non-hydrogen) atoms. The topological polar surface area (TPSA) is 49.4 Å². The number of carbonyl (C=O) groups is 2. The average Bonchev–Trinajstić information content (AvgIpc) is 3.46. The Labute approximate surface area is 148 Å². The zero-order chi connectivity index (χ0) is 18.0. The van der Waals surface area contributed by atoms with E-state index in [0.717, 1.165) is 18.4 Å². The second-order valence-corrected chi connectivity index (χ2v) is 6.85. The summed E-state index contributed by atoms with van der Waals surface area (Å²) in [5.41, 5.74) is 3.55. The summed E-state index contributed by atoms with van der Waals surface area (Å²) in [4.78, 5) is 26.5. The molecule has 2 aromatic rings. The first-order valence-electron chi connectivity index (χ1n) is 8.70. The Hall–Kier alpha value is -2.62. The summed E-state index contributed by atoms with van der Waals surface area (Å²) in [6, 6.07) is 15.3. The smallest absolute Gasteiger partial charge is 0.254 e. The number of nitrogens with one attached hydrogen (secondary N) is 1. The standard InChI is InChI=1S/C21H24N2O2/c1-14-7-9-16(10-8-14)15(2)23(3)21(25)18-5-4-6-19(13-18)22-20(24)17-11-12-17/h4-10,13,15,17H,11-12H2,1-3H3,(H,22,24). The van der Waals surface area contributed by atoms with Gasteiger partial charge in [0.2, 0.25) is 5.91 Å². The van der Waals surface area contributed by atoms with Crippen LogP contribution >= 0.6 is 0 Å². The van der Waals surface area contributed by atoms with E-state index in [1.54, 1.807) is 23.1 Å². The number of amides is 2. The van der Waals surface area contributed by atoms with E-state index in [1.807, 2.05) is 27.0 Å². The number of hydrogen-bond donors (Lipinski definition) is 1. The summed E-state index contributed by atoms with van der Waals surface area (Å²) >= 11 is 0. The maximum absolute atomic E-state index is 12.8. The van der Waals surface area contributed by atoms with Gasteiger partial charge >= 0.3 is 0 Å². The van der Waals surface area contributed by atoms with Crippen LogP contribution < -0.4 is 5.32 Å². The summed E-state index contributed by atoms with van der Waals surface area (Å²) in [5, 5.41) is 2.90. The van der Waals surface area contributed by atoms with E-state index in [9.17, 15) is 9.59 Å². The predicted molar refractivity (Wildman–Crippen MR) is 99.5 cm³/mol. The van der Waals surface area contributed by atoms with Crippen LogP contribution in [-0.2, 0) is 4.79 Å². The van der Waals surface area contributed by atoms with Gasteiger partial charge in [-0.3, -0.25) is 9.59 Å². The predicted octanol–water partition coefficient (Wildman–Crippen LogP) is 4.18. The van der Waals surface area contributed by atoms with Crippen LogP contribution in [0.25, 0.3) is 0 Å². The lowest BCUT2D eigenvalue weighted by Gasteiger charge is -2.25. The van der Waals surface area contributed by atoms with Crippen molar-refractivity contribution >= 4 is 17.5 Å². The van der Waals surface area contributed by atoms with Crippen LogP contribution in [0, 0.1) is 12.8 Å². The molecule has 1 saturated carbocycles. The van der Waals surface area contributed by atoms with E-state index in [0.29, 0.717) is 11.3 Å². The monoisotopic (exact) mass is 336 g/mol. The van der Waals surface area contributed by atoms with Crippen LogP contribution in [0.3, 0.4) is 0 Å². The van der Waals surface area contributed by atoms with Crippen molar-refractivity contribution in [1.29, 1.82) is 0 Å². The molecule has 0 aliphatic heterocycles. The highest BCUT2D eigenvalue weighted by Gasteiger charge is 2.29. The Balaban J connectivity index is 1.72. The third-order valence-corrected chi connectivity index (χ3v) is 4.79. The summed E-state index contributed by atoms with van der Waals surface area (Å²) in [6.07, 6.45) is 1.92. The van der Waals surface area contributed by atoms with Crippen LogP contribution in [0.1, 0.15) is 47.3 Å². The van der Waals surface area contributed by atoms with Gasteiger partial charge in [-0.05, 0) is 50.5 Å². The summed E-state index contributed by atoms with van der Waals surface area (Å²) in [6.45, 7) is 4.06. The fourth-order valence-corrected chi connectivity index (χ4v) is 2.77. The molecule has 1 aliphatic carbocycles. The number of rotatable bonds is 5. The Bertz CT molecular complexity index is 779. The van der Waals surface area contributed by atoms with Crippen LogP contribution in [0.2, 0.25) is 0 Å². The van der Waals surface area contributed by atoms with Crippen molar-refractivity contribution in [2.45, 2.75) is 32.7 Å². The van der Waals surface area contributed by atoms with Crippen molar-refractivity contribution in [3.05, 3.63) is 65.2 Å². The van der Waals surface area contributed by atoms with E-state index in [2.05, 4.69) is 29.6 Å². The van der Waals surface area contributed by atoms with Gasteiger partial charge in [-0.1, -0.05) is 35.9 Å². The highest BCUT2D eigenvalue weighted by molar-refractivity contribution is 5.98. The Morgan fingerprint density at radius 1 is 1.12 bits per heavy atom. The van der Waals surface area contributed by atoms with E-state index < -0.39 is 0 Å². The minimum Gasteiger partial charge on any atom is -0.335 e. The molecule has 1 atom stereocenters. The van der Waals surface area contributed by atoms with E-state index in [1.165, 1.54) is 5.56 Å². The zero-order valence-electron chi connectivity index (χ0n) is 15.0. The van der Waals surface area contributed by atoms with Crippen molar-refractivity contribution in [1.82, 2.24) is 4.90 Å². The van der Waals surface area contributed by atoms with Crippen molar-refractivity contribution < 1.29 is 9.59 Å². The normalized spacial score (nSPS) is 14.7. The van der Waals surface area contributed by atoms with Gasteiger partial charge in [0.25, 0.3) is 5.91 Å². The van der Waals surface area contributed by atoms with Crippen LogP contribution in [0.5, 0.6) is 0 Å². The van der Waals surface area contributed by atoms with Gasteiger partial charge in [0.05, 0.1) is 6.04 Å². The first kappa shape index (κ1) is 17.2. The number of nitrogens with zero attached hydrogens (tertiary/aromatic N) is 1. The Kier molecular flexibility index (Phi) is 4.88. The maximum atomic E-state index is 12.8. The molecule has 1 unspecified atom stereocenters. The number of benzene rings is 2. The number of aryl methyl sites for hydroxylation is 1. The molecule has 130 valence electrons. The second-order valence-electron chi connectivity index (χ2n) is 6.85. The summed E-state index contributed by atoms with van der Waals surface area (Å²) < 4.78 is 0. The number of hydrogen-bond acceptors (Lipinski definition) is 2. The molecule has 2 amide bonds. The molecule has 0 radical (unpaired) electrons. The van der Waals surface area contributed by atoms with Gasteiger partial charge in [-0.2, -0.15) is 0 Å². The SMILES string of the molecule is Cc1ccc(C(C)N(C)C(=O)c2cccc(NC(=O)C3CC3)c2)cc1. The highest BCUT2D eigenvalue weighted by atomic mass is 16.2. The number of anilines is 1. The molecular formula is C21H24N2O2. The van der Waals surface area contributed by atoms with Crippen LogP contribution in [0.15, 0.2) is 48.5 Å². The van der Waals surface area contributed by atoms with Crippen LogP contribution in [-0.4, -0.2) is 23.8 Å². The average molecular weight is 336 g/mol. The highest BCUT2D eigenvalue weighted by Crippen LogP contribution is 2.30. The van der Waals surface area contributed by atoms with E-state index in [4.69, 9.17) is 0 Å². The molecule has 1 aliphatic rings. The van der Waals surface area contributed by atoms with Crippen molar-refractivity contribution in [3.63, 3.8) is 0 Å². The number of carbonyl (C=O) groups excluding carboxylic acids is 2. The largest absolute Gasteiger partial charge is 0.335 e. The third-order valence-electron chi connectivity index (χ3n) is 4.79. The van der Waals surface area contributed by atoms with Gasteiger partial charge in [-0.15, -0.1) is 0 Å². The lowest BCUT2D eigenvalue weighted by Crippen LogP contribution is -2.29. The molecule has 1 fully saturated rings. The van der Waals surface area contributed by atoms with E-state index >= 15 is 0 Å². The maximum Gasteiger partial charge on any atom is 0.254 e. The van der Waals surface area contributed by atoms with Gasteiger partial charge in [0, 0.05) is 24.2 Å². The van der Waals surface area contributed by atoms with Crippen molar-refractivity contribution in [2.24, 2.45) is 5.92 Å². The summed E-state index contributed by atoms with van der Waals surface area (Å²) in [5.74, 6) is 0.130. The molecule has 0 saturated heterocycles. The molecular weight excluding hydrogens is 312 g/mol. The van der Waals surface area contributed by atoms with Crippen molar-refractivity contribution in [3.8, 4) is 0 Å². The minimum atomic E-state index is -0.0596. The quantitative estimate of drug-likeness (QED) is 0.890. The molecule has 1 N–H and O–H groups in total. The molecule has 2 aromatic carbocycles. The van der Waals surface area contributed by atoms with Crippen molar-refractivity contribution in [2.75, 3.05) is 12.4 Å². The third kappa shape index (κ3) is 4.08. The molecule has 0 aromatic heterocycles. The summed E-state index contributed by atoms with van der Waals surface area (Å²) in [7, 11) is 1.81. The molecule has 0 spiro atoms. The lowest BCUT2D eigenvalue weighted by atomic mass is 10.0. The second kappa shape index (κ2) is 7.09. The fourth-order valence-electron chi connectivity index (χ4n) is 2.77. The molecule has 4 nitrogen and oxygen atoms in total. The first-order valence-corrected chi connectivity index (χ1v) is 8.70. The van der Waals surface area contributed by atoms with Gasteiger partial charge in [0.15, 0.2) is 0 Å². The molecule has 0 bridgehead atoms. The first-order chi connectivity index (χ1) is 12.0. The molecule has 3 rings (SSSR count). The fraction of sp³-hybridized carbons (Fsp3) is 0.333. The molecule has 0 heterocycles. The minimum absolute atomic E-state index is 0.0298. The lowest BCUT2D eigenvalue weighted by molar-refractivity contribution is -0.117.